The van der Waals surface area contributed by atoms with Crippen LogP contribution in [0.5, 0.6) is 0 Å². The highest BCUT2D eigenvalue weighted by Gasteiger charge is 2.15. The molecule has 1 aromatic rings. The Labute approximate surface area is 153 Å². The third kappa shape index (κ3) is 9.82. The predicted octanol–water partition coefficient (Wildman–Crippen LogP) is 2.56. The Morgan fingerprint density at radius 3 is 2.50 bits per heavy atom. The Morgan fingerprint density at radius 2 is 1.95 bits per heavy atom. The van der Waals surface area contributed by atoms with Crippen LogP contribution in [-0.2, 0) is 11.3 Å². The van der Waals surface area contributed by atoms with Crippen molar-refractivity contribution in [1.29, 1.82) is 0 Å². The van der Waals surface area contributed by atoms with Gasteiger partial charge in [-0.15, -0.1) is 24.0 Å². The van der Waals surface area contributed by atoms with Crippen molar-refractivity contribution < 1.29 is 9.53 Å². The zero-order valence-electron chi connectivity index (χ0n) is 13.4. The number of aliphatic imine (C=N–C) groups is 1. The molecule has 6 nitrogen and oxygen atoms in total. The molecule has 0 spiro atoms. The Bertz CT molecular complexity index is 458. The zero-order chi connectivity index (χ0) is 15.7. The first kappa shape index (κ1) is 21.0. The lowest BCUT2D eigenvalue weighted by atomic mass is 10.2. The van der Waals surface area contributed by atoms with Crippen LogP contribution in [-0.4, -0.2) is 37.8 Å². The molecule has 0 aromatic carbocycles. The maximum Gasteiger partial charge on any atom is 0.407 e. The number of hydrogen-bond acceptors (Lipinski definition) is 4. The van der Waals surface area contributed by atoms with Crippen LogP contribution in [0.1, 0.15) is 26.3 Å². The van der Waals surface area contributed by atoms with Crippen molar-refractivity contribution in [1.82, 2.24) is 16.0 Å². The number of carbonyl (C=O) groups is 1. The fraction of sp³-hybridized carbons (Fsp3) is 0.571. The van der Waals surface area contributed by atoms with Crippen molar-refractivity contribution in [2.24, 2.45) is 4.99 Å². The van der Waals surface area contributed by atoms with Gasteiger partial charge in [0, 0.05) is 26.7 Å². The van der Waals surface area contributed by atoms with E-state index in [0.29, 0.717) is 19.0 Å². The summed E-state index contributed by atoms with van der Waals surface area (Å²) in [4.78, 5) is 15.6. The molecular formula is C14H25IN4O2S. The third-order valence-electron chi connectivity index (χ3n) is 2.35. The summed E-state index contributed by atoms with van der Waals surface area (Å²) in [6.45, 7) is 7.27. The molecule has 0 saturated carbocycles. The first-order chi connectivity index (χ1) is 9.90. The minimum atomic E-state index is -0.477. The molecule has 8 heteroatoms. The van der Waals surface area contributed by atoms with Crippen molar-refractivity contribution in [3.8, 4) is 0 Å². The van der Waals surface area contributed by atoms with Crippen molar-refractivity contribution >= 4 is 47.4 Å². The number of thiophene rings is 1. The molecule has 0 bridgehead atoms. The molecule has 0 radical (unpaired) electrons. The fourth-order valence-electron chi connectivity index (χ4n) is 1.46. The van der Waals surface area contributed by atoms with Crippen molar-refractivity contribution in [2.75, 3.05) is 20.1 Å². The topological polar surface area (TPSA) is 74.8 Å². The Morgan fingerprint density at radius 1 is 1.27 bits per heavy atom. The van der Waals surface area contributed by atoms with E-state index in [1.165, 1.54) is 5.56 Å². The van der Waals surface area contributed by atoms with Crippen LogP contribution < -0.4 is 16.0 Å². The van der Waals surface area contributed by atoms with Gasteiger partial charge < -0.3 is 20.7 Å². The van der Waals surface area contributed by atoms with E-state index in [1.54, 1.807) is 18.4 Å². The van der Waals surface area contributed by atoms with E-state index in [-0.39, 0.29) is 24.0 Å². The number of ether oxygens (including phenoxy) is 1. The molecule has 0 aliphatic carbocycles. The second kappa shape index (κ2) is 10.7. The summed E-state index contributed by atoms with van der Waals surface area (Å²) in [5, 5.41) is 13.1. The maximum atomic E-state index is 11.4. The first-order valence-electron chi connectivity index (χ1n) is 6.83. The van der Waals surface area contributed by atoms with Crippen LogP contribution in [0.3, 0.4) is 0 Å². The Hall–Kier alpha value is -1.03. The van der Waals surface area contributed by atoms with Gasteiger partial charge in [-0.3, -0.25) is 4.99 Å². The fourth-order valence-corrected chi connectivity index (χ4v) is 2.13. The van der Waals surface area contributed by atoms with E-state index < -0.39 is 11.7 Å². The van der Waals surface area contributed by atoms with Gasteiger partial charge in [0.15, 0.2) is 5.96 Å². The number of nitrogens with one attached hydrogen (secondary N) is 3. The number of amides is 1. The van der Waals surface area contributed by atoms with Gasteiger partial charge in [-0.2, -0.15) is 11.3 Å². The maximum absolute atomic E-state index is 11.4. The highest BCUT2D eigenvalue weighted by molar-refractivity contribution is 14.0. The number of guanidine groups is 1. The van der Waals surface area contributed by atoms with Crippen LogP contribution in [0.4, 0.5) is 4.79 Å². The van der Waals surface area contributed by atoms with Crippen LogP contribution in [0.15, 0.2) is 21.8 Å². The molecule has 0 unspecified atom stereocenters. The van der Waals surface area contributed by atoms with Gasteiger partial charge in [0.2, 0.25) is 0 Å². The molecule has 0 atom stereocenters. The van der Waals surface area contributed by atoms with Crippen molar-refractivity contribution in [2.45, 2.75) is 32.9 Å². The van der Waals surface area contributed by atoms with E-state index in [4.69, 9.17) is 4.74 Å². The highest BCUT2D eigenvalue weighted by Crippen LogP contribution is 2.06. The second-order valence-electron chi connectivity index (χ2n) is 5.41. The normalized spacial score (nSPS) is 11.4. The van der Waals surface area contributed by atoms with Gasteiger partial charge in [-0.05, 0) is 43.2 Å². The van der Waals surface area contributed by atoms with Crippen molar-refractivity contribution in [3.63, 3.8) is 0 Å². The average Bonchev–Trinajstić information content (AvgIpc) is 2.89. The lowest BCUT2D eigenvalue weighted by Crippen LogP contribution is -2.42. The van der Waals surface area contributed by atoms with Gasteiger partial charge in [0.1, 0.15) is 5.60 Å². The van der Waals surface area contributed by atoms with Crippen LogP contribution >= 0.6 is 35.3 Å². The van der Waals surface area contributed by atoms with Crippen LogP contribution in [0.25, 0.3) is 0 Å². The molecule has 0 saturated heterocycles. The molecule has 1 aromatic heterocycles. The third-order valence-corrected chi connectivity index (χ3v) is 3.08. The standard InChI is InChI=1S/C14H24N4O2S.HI/c1-14(2,3)20-13(19)17-7-6-16-12(15-4)18-9-11-5-8-21-10-11;/h5,8,10H,6-7,9H2,1-4H3,(H,17,19)(H2,15,16,18);1H. The number of alkyl carbamates (subject to hydrolysis) is 1. The smallest absolute Gasteiger partial charge is 0.407 e. The Balaban J connectivity index is 0.00000441. The van der Waals surface area contributed by atoms with Crippen LogP contribution in [0, 0.1) is 0 Å². The Kier molecular flexibility index (Phi) is 10.2. The lowest BCUT2D eigenvalue weighted by Gasteiger charge is -2.19. The highest BCUT2D eigenvalue weighted by atomic mass is 127. The van der Waals surface area contributed by atoms with Gasteiger partial charge in [-0.25, -0.2) is 4.79 Å². The van der Waals surface area contributed by atoms with Crippen LogP contribution in [0.2, 0.25) is 0 Å². The monoisotopic (exact) mass is 440 g/mol. The molecule has 1 amide bonds. The molecule has 3 N–H and O–H groups in total. The summed E-state index contributed by atoms with van der Waals surface area (Å²) in [7, 11) is 1.71. The molecular weight excluding hydrogens is 415 g/mol. The van der Waals surface area contributed by atoms with E-state index in [2.05, 4.69) is 32.4 Å². The average molecular weight is 440 g/mol. The first-order valence-corrected chi connectivity index (χ1v) is 7.77. The quantitative estimate of drug-likeness (QED) is 0.285. The van der Waals surface area contributed by atoms with E-state index >= 15 is 0 Å². The second-order valence-corrected chi connectivity index (χ2v) is 6.19. The summed E-state index contributed by atoms with van der Waals surface area (Å²) < 4.78 is 5.15. The molecule has 1 heterocycles. The molecule has 1 rings (SSSR count). The minimum absolute atomic E-state index is 0. The summed E-state index contributed by atoms with van der Waals surface area (Å²) in [6.07, 6.45) is -0.412. The summed E-state index contributed by atoms with van der Waals surface area (Å²) in [6, 6.07) is 2.06. The van der Waals surface area contributed by atoms with E-state index in [9.17, 15) is 4.79 Å². The van der Waals surface area contributed by atoms with E-state index in [1.807, 2.05) is 26.2 Å². The zero-order valence-corrected chi connectivity index (χ0v) is 16.6. The van der Waals surface area contributed by atoms with Gasteiger partial charge in [0.25, 0.3) is 0 Å². The summed E-state index contributed by atoms with van der Waals surface area (Å²) in [5.74, 6) is 0.701. The van der Waals surface area contributed by atoms with Gasteiger partial charge in [-0.1, -0.05) is 0 Å². The predicted molar refractivity (Wildman–Crippen MR) is 102 cm³/mol. The number of halogens is 1. The minimum Gasteiger partial charge on any atom is -0.444 e. The summed E-state index contributed by atoms with van der Waals surface area (Å²) >= 11 is 1.67. The molecule has 0 aliphatic heterocycles. The number of nitrogens with zero attached hydrogens (tertiary/aromatic N) is 1. The van der Waals surface area contributed by atoms with E-state index in [0.717, 1.165) is 6.54 Å². The SMILES string of the molecule is CN=C(NCCNC(=O)OC(C)(C)C)NCc1ccsc1.I. The molecule has 22 heavy (non-hydrogen) atoms. The largest absolute Gasteiger partial charge is 0.444 e. The molecule has 0 aliphatic rings. The number of rotatable bonds is 5. The van der Waals surface area contributed by atoms with Crippen molar-refractivity contribution in [3.05, 3.63) is 22.4 Å². The summed E-state index contributed by atoms with van der Waals surface area (Å²) in [5.41, 5.74) is 0.741. The van der Waals surface area contributed by atoms with Gasteiger partial charge >= 0.3 is 6.09 Å². The lowest BCUT2D eigenvalue weighted by molar-refractivity contribution is 0.0529. The number of carbonyl (C=O) groups excluding carboxylic acids is 1. The molecule has 0 fully saturated rings. The van der Waals surface area contributed by atoms with Gasteiger partial charge in [0.05, 0.1) is 0 Å². The number of hydrogen-bond donors (Lipinski definition) is 3. The molecule has 126 valence electrons.